The molecule has 0 aliphatic heterocycles. The van der Waals surface area contributed by atoms with Crippen LogP contribution in [-0.2, 0) is 23.4 Å². The first-order valence-corrected chi connectivity index (χ1v) is 9.51. The van der Waals surface area contributed by atoms with Gasteiger partial charge in [0, 0.05) is 31.7 Å². The fraction of sp³-hybridized carbons (Fsp3) is 0.857. The predicted octanol–water partition coefficient (Wildman–Crippen LogP) is 1.60. The van der Waals surface area contributed by atoms with Crippen molar-refractivity contribution in [2.75, 3.05) is 26.4 Å². The summed E-state index contributed by atoms with van der Waals surface area (Å²) in [6.07, 6.45) is -0.617. The van der Waals surface area contributed by atoms with E-state index in [2.05, 4.69) is 4.52 Å². The molecule has 0 aliphatic rings. The number of alkyl halides is 2. The fourth-order valence-electron chi connectivity index (χ4n) is 1.67. The maximum absolute atomic E-state index is 13.4. The monoisotopic (exact) mass is 390 g/mol. The van der Waals surface area contributed by atoms with Crippen LogP contribution in [0.1, 0.15) is 39.5 Å². The molecule has 0 saturated carbocycles. The van der Waals surface area contributed by atoms with Gasteiger partial charge in [-0.05, 0) is 6.42 Å². The molecule has 0 rings (SSSR count). The van der Waals surface area contributed by atoms with Gasteiger partial charge in [0.2, 0.25) is 5.78 Å². The van der Waals surface area contributed by atoms with Gasteiger partial charge in [-0.3, -0.25) is 9.59 Å². The highest BCUT2D eigenvalue weighted by molar-refractivity contribution is 7.54. The molecule has 0 aliphatic carbocycles. The summed E-state index contributed by atoms with van der Waals surface area (Å²) >= 11 is 0. The van der Waals surface area contributed by atoms with Crippen LogP contribution in [0.25, 0.3) is 0 Å². The van der Waals surface area contributed by atoms with Gasteiger partial charge in [-0.2, -0.15) is 27.6 Å². The second-order valence-corrected chi connectivity index (χ2v) is 6.89. The van der Waals surface area contributed by atoms with E-state index in [1.807, 2.05) is 0 Å². The first-order chi connectivity index (χ1) is 11.6. The molecule has 8 nitrogen and oxygen atoms in total. The summed E-state index contributed by atoms with van der Waals surface area (Å²) in [5.41, 5.74) is 5.16. The van der Waals surface area contributed by atoms with Crippen molar-refractivity contribution in [3.05, 3.63) is 0 Å². The number of hydrogen-bond donors (Lipinski definition) is 3. The molecule has 11 heteroatoms. The summed E-state index contributed by atoms with van der Waals surface area (Å²) < 4.78 is 41.2. The van der Waals surface area contributed by atoms with Crippen molar-refractivity contribution in [2.24, 2.45) is 11.7 Å². The number of Topliss-reactive ketones (excluding diaryl/α,β-unsaturated/α-hetero) is 1. The van der Waals surface area contributed by atoms with E-state index in [1.165, 1.54) is 6.92 Å². The van der Waals surface area contributed by atoms with E-state index in [0.29, 0.717) is 6.42 Å². The number of esters is 1. The molecule has 0 radical (unpaired) electrons. The number of ketones is 1. The normalized spacial score (nSPS) is 13.6. The van der Waals surface area contributed by atoms with Gasteiger partial charge in [0.15, 0.2) is 0 Å². The highest BCUT2D eigenvalue weighted by atomic mass is 31.2. The van der Waals surface area contributed by atoms with E-state index >= 15 is 0 Å². The molecule has 0 aromatic carbocycles. The van der Waals surface area contributed by atoms with E-state index in [0.717, 1.165) is 0 Å². The number of carbonyl (C=O) groups is 2. The summed E-state index contributed by atoms with van der Waals surface area (Å²) in [5.74, 6) is -6.36. The molecule has 0 bridgehead atoms. The molecule has 1 unspecified atom stereocenters. The largest absolute Gasteiger partial charge is 0.570 e. The first kappa shape index (κ1) is 24.2. The summed E-state index contributed by atoms with van der Waals surface area (Å²) in [5, 5.41) is 0. The average molecular weight is 390 g/mol. The Morgan fingerprint density at radius 1 is 1.20 bits per heavy atom. The lowest BCUT2D eigenvalue weighted by molar-refractivity contribution is -0.150. The van der Waals surface area contributed by atoms with Gasteiger partial charge in [-0.15, -0.1) is 0 Å². The third-order valence-corrected chi connectivity index (χ3v) is 4.12. The molecule has 0 amide bonds. The third-order valence-electron chi connectivity index (χ3n) is 3.12. The van der Waals surface area contributed by atoms with Crippen LogP contribution < -0.4 is 5.73 Å². The van der Waals surface area contributed by atoms with Gasteiger partial charge in [-0.1, -0.05) is 13.8 Å². The highest BCUT2D eigenvalue weighted by Crippen LogP contribution is 2.52. The van der Waals surface area contributed by atoms with Gasteiger partial charge in [0.1, 0.15) is 13.2 Å². The van der Waals surface area contributed by atoms with Crippen molar-refractivity contribution in [1.29, 1.82) is 0 Å². The molecule has 0 aromatic heterocycles. The van der Waals surface area contributed by atoms with Crippen LogP contribution in [0.15, 0.2) is 0 Å². The molecule has 0 spiro atoms. The molecule has 4 N–H and O–H groups in total. The zero-order valence-electron chi connectivity index (χ0n) is 14.5. The SMILES string of the molecule is CCCC(=O)OCC(CO[P+](O)(O)OCCN)CC(=O)C(F)(F)CC. The van der Waals surface area contributed by atoms with E-state index < -0.39 is 51.2 Å². The summed E-state index contributed by atoms with van der Waals surface area (Å²) in [6.45, 7) is 1.91. The zero-order chi connectivity index (χ0) is 19.5. The van der Waals surface area contributed by atoms with Crippen molar-refractivity contribution in [3.8, 4) is 0 Å². The molecule has 1 atom stereocenters. The molecular formula is C14H27F2NO7P+. The predicted molar refractivity (Wildman–Crippen MR) is 86.5 cm³/mol. The molecule has 148 valence electrons. The van der Waals surface area contributed by atoms with E-state index in [1.54, 1.807) is 6.92 Å². The molecule has 0 fully saturated rings. The number of hydrogen-bond acceptors (Lipinski definition) is 8. The van der Waals surface area contributed by atoms with E-state index in [9.17, 15) is 28.2 Å². The van der Waals surface area contributed by atoms with Gasteiger partial charge >= 0.3 is 20.1 Å². The molecular weight excluding hydrogens is 363 g/mol. The summed E-state index contributed by atoms with van der Waals surface area (Å²) in [4.78, 5) is 42.1. The van der Waals surface area contributed by atoms with Crippen LogP contribution in [-0.4, -0.2) is 53.8 Å². The maximum Gasteiger partial charge on any atom is 0.570 e. The van der Waals surface area contributed by atoms with Crippen molar-refractivity contribution in [2.45, 2.75) is 45.5 Å². The number of halogens is 2. The Kier molecular flexibility index (Phi) is 11.4. The Hall–Kier alpha value is -0.770. The molecule has 25 heavy (non-hydrogen) atoms. The fourth-order valence-corrected chi connectivity index (χ4v) is 2.50. The zero-order valence-corrected chi connectivity index (χ0v) is 15.3. The Morgan fingerprint density at radius 3 is 2.36 bits per heavy atom. The van der Waals surface area contributed by atoms with Crippen LogP contribution in [0, 0.1) is 5.92 Å². The first-order valence-electron chi connectivity index (χ1n) is 7.98. The van der Waals surface area contributed by atoms with Crippen LogP contribution >= 0.6 is 8.17 Å². The van der Waals surface area contributed by atoms with Crippen LogP contribution in [0.5, 0.6) is 0 Å². The van der Waals surface area contributed by atoms with Gasteiger partial charge in [-0.25, -0.2) is 0 Å². The smallest absolute Gasteiger partial charge is 0.465 e. The van der Waals surface area contributed by atoms with Gasteiger partial charge < -0.3 is 10.5 Å². The number of rotatable bonds is 14. The summed E-state index contributed by atoms with van der Waals surface area (Å²) in [7, 11) is -4.18. The van der Waals surface area contributed by atoms with Crippen LogP contribution in [0.2, 0.25) is 0 Å². The van der Waals surface area contributed by atoms with Crippen molar-refractivity contribution in [3.63, 3.8) is 0 Å². The Morgan fingerprint density at radius 2 is 1.84 bits per heavy atom. The Balaban J connectivity index is 4.77. The Labute approximate surface area is 146 Å². The lowest BCUT2D eigenvalue weighted by Gasteiger charge is -2.19. The van der Waals surface area contributed by atoms with E-state index in [4.69, 9.17) is 15.0 Å². The minimum absolute atomic E-state index is 0.0193. The number of ether oxygens (including phenoxy) is 1. The minimum Gasteiger partial charge on any atom is -0.465 e. The standard InChI is InChI=1S/C14H27F2NO7P/c1-3-5-13(19)22-9-11(8-12(18)14(15,16)4-2)10-24-25(20,21)23-7-6-17/h11,20-21H,3-10,17H2,1-2H3/q+1. The van der Waals surface area contributed by atoms with Gasteiger partial charge in [0.05, 0.1) is 6.61 Å². The quantitative estimate of drug-likeness (QED) is 0.301. The molecule has 0 saturated heterocycles. The van der Waals surface area contributed by atoms with Crippen LogP contribution in [0.3, 0.4) is 0 Å². The third kappa shape index (κ3) is 10.7. The lowest BCUT2D eigenvalue weighted by Crippen LogP contribution is -2.32. The van der Waals surface area contributed by atoms with Crippen LogP contribution in [0.4, 0.5) is 8.78 Å². The topological polar surface area (TPSA) is 128 Å². The van der Waals surface area contributed by atoms with E-state index in [-0.39, 0.29) is 26.2 Å². The second kappa shape index (κ2) is 11.8. The Bertz CT molecular complexity index is 424. The van der Waals surface area contributed by atoms with Crippen molar-refractivity contribution < 1.29 is 41.9 Å². The lowest BCUT2D eigenvalue weighted by atomic mass is 9.99. The van der Waals surface area contributed by atoms with Crippen molar-refractivity contribution in [1.82, 2.24) is 0 Å². The highest BCUT2D eigenvalue weighted by Gasteiger charge is 2.42. The summed E-state index contributed by atoms with van der Waals surface area (Å²) in [6, 6.07) is 0. The van der Waals surface area contributed by atoms with Gasteiger partial charge in [0.25, 0.3) is 0 Å². The minimum atomic E-state index is -4.18. The second-order valence-electron chi connectivity index (χ2n) is 5.39. The molecule has 0 heterocycles. The maximum atomic E-state index is 13.4. The number of nitrogens with two attached hydrogens (primary N) is 1. The average Bonchev–Trinajstić information content (AvgIpc) is 2.55. The number of carbonyl (C=O) groups excluding carboxylic acids is 2. The molecule has 0 aromatic rings. The van der Waals surface area contributed by atoms with Crippen molar-refractivity contribution >= 4 is 19.9 Å².